The molecule has 1 atom stereocenters. The molecule has 0 aromatic carbocycles. The topological polar surface area (TPSA) is 78.9 Å². The van der Waals surface area contributed by atoms with Crippen LogP contribution in [0.15, 0.2) is 134 Å². The molecule has 0 radical (unpaired) electrons. The summed E-state index contributed by atoms with van der Waals surface area (Å²) in [6.07, 6.45) is 80.1. The zero-order valence-electron chi connectivity index (χ0n) is 45.0. The van der Waals surface area contributed by atoms with Crippen molar-refractivity contribution in [3.05, 3.63) is 134 Å². The first kappa shape index (κ1) is 65.5. The van der Waals surface area contributed by atoms with Gasteiger partial charge in [0.1, 0.15) is 13.2 Å². The Morgan fingerprint density at radius 1 is 0.286 bits per heavy atom. The highest BCUT2D eigenvalue weighted by molar-refractivity contribution is 5.71. The summed E-state index contributed by atoms with van der Waals surface area (Å²) in [6, 6.07) is 0. The maximum Gasteiger partial charge on any atom is 0.306 e. The number of allylic oxidation sites excluding steroid dienone is 22. The van der Waals surface area contributed by atoms with Gasteiger partial charge in [0.05, 0.1) is 0 Å². The van der Waals surface area contributed by atoms with E-state index in [0.29, 0.717) is 19.3 Å². The summed E-state index contributed by atoms with van der Waals surface area (Å²) < 4.78 is 16.8. The first-order chi connectivity index (χ1) is 34.5. The predicted molar refractivity (Wildman–Crippen MR) is 302 cm³/mol. The van der Waals surface area contributed by atoms with E-state index in [2.05, 4.69) is 154 Å². The molecule has 0 N–H and O–H groups in total. The first-order valence-corrected chi connectivity index (χ1v) is 28.2. The van der Waals surface area contributed by atoms with E-state index in [9.17, 15) is 14.4 Å². The maximum atomic E-state index is 12.9. The molecule has 6 heteroatoms. The van der Waals surface area contributed by atoms with Gasteiger partial charge < -0.3 is 14.2 Å². The van der Waals surface area contributed by atoms with Gasteiger partial charge >= 0.3 is 17.9 Å². The first-order valence-electron chi connectivity index (χ1n) is 28.2. The number of hydrogen-bond donors (Lipinski definition) is 0. The average Bonchev–Trinajstić information content (AvgIpc) is 3.36. The van der Waals surface area contributed by atoms with Gasteiger partial charge in [-0.1, -0.05) is 219 Å². The highest BCUT2D eigenvalue weighted by atomic mass is 16.6. The van der Waals surface area contributed by atoms with Gasteiger partial charge in [-0.2, -0.15) is 0 Å². The minimum atomic E-state index is -0.809. The number of rotatable bonds is 49. The van der Waals surface area contributed by atoms with Crippen molar-refractivity contribution >= 4 is 17.9 Å². The molecule has 0 aliphatic carbocycles. The number of hydrogen-bond acceptors (Lipinski definition) is 6. The van der Waals surface area contributed by atoms with Gasteiger partial charge in [0.2, 0.25) is 0 Å². The van der Waals surface area contributed by atoms with E-state index in [4.69, 9.17) is 14.2 Å². The van der Waals surface area contributed by atoms with Crippen molar-refractivity contribution in [2.45, 2.75) is 239 Å². The fourth-order valence-corrected chi connectivity index (χ4v) is 7.26. The Morgan fingerprint density at radius 3 is 0.814 bits per heavy atom. The molecule has 0 bridgehead atoms. The molecule has 0 heterocycles. The lowest BCUT2D eigenvalue weighted by Gasteiger charge is -2.18. The SMILES string of the molecule is CC/C=C\C/C=C\C/C=C\C/C=C\C/C=C\CCCCCC(=O)OCC(COC(=O)CCCCCCCCC/C=C\C/C=C\CC)OC(=O)CCCCCCCC/C=C\C/C=C\C/C=C\C/C=C\CC. The summed E-state index contributed by atoms with van der Waals surface area (Å²) in [5.74, 6) is -0.963. The number of carbonyl (C=O) groups excluding carboxylic acids is 3. The molecular weight excluding hydrogens is 865 g/mol. The fourth-order valence-electron chi connectivity index (χ4n) is 7.26. The zero-order valence-corrected chi connectivity index (χ0v) is 45.0. The van der Waals surface area contributed by atoms with Gasteiger partial charge in [-0.25, -0.2) is 0 Å². The molecule has 0 saturated carbocycles. The Bertz CT molecular complexity index is 1530. The average molecular weight is 968 g/mol. The fraction of sp³-hybridized carbons (Fsp3) is 0.609. The maximum absolute atomic E-state index is 12.9. The van der Waals surface area contributed by atoms with E-state index < -0.39 is 6.10 Å². The summed E-state index contributed by atoms with van der Waals surface area (Å²) in [4.78, 5) is 38.2. The van der Waals surface area contributed by atoms with Crippen molar-refractivity contribution in [3.8, 4) is 0 Å². The van der Waals surface area contributed by atoms with Crippen molar-refractivity contribution in [2.24, 2.45) is 0 Å². The molecule has 70 heavy (non-hydrogen) atoms. The molecule has 6 nitrogen and oxygen atoms in total. The van der Waals surface area contributed by atoms with Crippen molar-refractivity contribution in [1.82, 2.24) is 0 Å². The van der Waals surface area contributed by atoms with Crippen LogP contribution in [0.25, 0.3) is 0 Å². The lowest BCUT2D eigenvalue weighted by Crippen LogP contribution is -2.30. The molecule has 0 aliphatic rings. The monoisotopic (exact) mass is 967 g/mol. The van der Waals surface area contributed by atoms with E-state index in [1.54, 1.807) is 0 Å². The second-order valence-electron chi connectivity index (χ2n) is 18.0. The van der Waals surface area contributed by atoms with Gasteiger partial charge in [-0.05, 0) is 128 Å². The second-order valence-corrected chi connectivity index (χ2v) is 18.0. The molecule has 394 valence electrons. The molecule has 0 aromatic rings. The van der Waals surface area contributed by atoms with E-state index in [0.717, 1.165) is 154 Å². The van der Waals surface area contributed by atoms with Crippen LogP contribution in [0.5, 0.6) is 0 Å². The highest BCUT2D eigenvalue weighted by Crippen LogP contribution is 2.14. The van der Waals surface area contributed by atoms with Gasteiger partial charge in [0, 0.05) is 19.3 Å². The summed E-state index contributed by atoms with van der Waals surface area (Å²) in [6.45, 7) is 6.25. The molecule has 0 aliphatic heterocycles. The quantitative estimate of drug-likeness (QED) is 0.0262. The third kappa shape index (κ3) is 54.5. The van der Waals surface area contributed by atoms with Crippen LogP contribution in [-0.2, 0) is 28.6 Å². The van der Waals surface area contributed by atoms with Crippen molar-refractivity contribution in [1.29, 1.82) is 0 Å². The van der Waals surface area contributed by atoms with E-state index in [-0.39, 0.29) is 31.1 Å². The van der Waals surface area contributed by atoms with Gasteiger partial charge in [-0.15, -0.1) is 0 Å². The Balaban J connectivity index is 4.50. The third-order valence-corrected chi connectivity index (χ3v) is 11.4. The Labute approximate surface area is 430 Å². The number of carbonyl (C=O) groups is 3. The zero-order chi connectivity index (χ0) is 50.7. The van der Waals surface area contributed by atoms with Crippen LogP contribution in [0.4, 0.5) is 0 Å². The summed E-state index contributed by atoms with van der Waals surface area (Å²) >= 11 is 0. The smallest absolute Gasteiger partial charge is 0.306 e. The molecule has 1 unspecified atom stereocenters. The number of ether oxygens (including phenoxy) is 3. The lowest BCUT2D eigenvalue weighted by atomic mass is 10.1. The Morgan fingerprint density at radius 2 is 0.514 bits per heavy atom. The molecular formula is C64H102O6. The molecule has 0 spiro atoms. The molecule has 0 aromatic heterocycles. The summed E-state index contributed by atoms with van der Waals surface area (Å²) in [5, 5.41) is 0. The van der Waals surface area contributed by atoms with E-state index in [1.165, 1.54) is 38.5 Å². The van der Waals surface area contributed by atoms with Crippen LogP contribution in [0.2, 0.25) is 0 Å². The third-order valence-electron chi connectivity index (χ3n) is 11.4. The molecule has 0 fully saturated rings. The predicted octanol–water partition coefficient (Wildman–Crippen LogP) is 19.0. The molecule has 0 amide bonds. The molecule has 0 rings (SSSR count). The van der Waals surface area contributed by atoms with E-state index >= 15 is 0 Å². The normalized spacial score (nSPS) is 13.1. The van der Waals surface area contributed by atoms with E-state index in [1.807, 2.05) is 0 Å². The summed E-state index contributed by atoms with van der Waals surface area (Å²) in [5.41, 5.74) is 0. The van der Waals surface area contributed by atoms with Crippen LogP contribution in [0, 0.1) is 0 Å². The van der Waals surface area contributed by atoms with Crippen LogP contribution >= 0.6 is 0 Å². The number of unbranched alkanes of at least 4 members (excludes halogenated alkanes) is 16. The second kappa shape index (κ2) is 57.1. The van der Waals surface area contributed by atoms with Crippen molar-refractivity contribution in [2.75, 3.05) is 13.2 Å². The minimum absolute atomic E-state index is 0.103. The van der Waals surface area contributed by atoms with Crippen LogP contribution in [-0.4, -0.2) is 37.2 Å². The van der Waals surface area contributed by atoms with Crippen LogP contribution in [0.3, 0.4) is 0 Å². The van der Waals surface area contributed by atoms with Gasteiger partial charge in [-0.3, -0.25) is 14.4 Å². The van der Waals surface area contributed by atoms with Gasteiger partial charge in [0.25, 0.3) is 0 Å². The molecule has 0 saturated heterocycles. The van der Waals surface area contributed by atoms with Crippen LogP contribution in [0.1, 0.15) is 233 Å². The Kier molecular flexibility index (Phi) is 53.5. The number of esters is 3. The largest absolute Gasteiger partial charge is 0.462 e. The minimum Gasteiger partial charge on any atom is -0.462 e. The lowest BCUT2D eigenvalue weighted by molar-refractivity contribution is -0.167. The Hall–Kier alpha value is -4.45. The van der Waals surface area contributed by atoms with Crippen LogP contribution < -0.4 is 0 Å². The van der Waals surface area contributed by atoms with Crippen molar-refractivity contribution < 1.29 is 28.6 Å². The van der Waals surface area contributed by atoms with Crippen molar-refractivity contribution in [3.63, 3.8) is 0 Å². The summed E-state index contributed by atoms with van der Waals surface area (Å²) in [7, 11) is 0. The standard InChI is InChI=1S/C64H102O6/c1-4-7-10-13-16-19-22-25-28-30-32-34-36-39-42-45-48-51-54-57-63(66)69-60-61(59-68-62(65)56-53-50-47-44-41-38-27-24-21-18-15-12-9-6-3)70-64(67)58-55-52-49-46-43-40-37-35-33-31-29-26-23-20-17-14-11-8-5-2/h7-12,16-21,25-26,28-29,32-35,39,42,61H,4-6,13-15,22-24,27,30-31,36-38,40-41,43-60H2,1-3H3/b10-7-,11-8-,12-9-,19-16-,20-17-,21-18-,28-25-,29-26-,34-32-,35-33-,42-39-. The highest BCUT2D eigenvalue weighted by Gasteiger charge is 2.19. The van der Waals surface area contributed by atoms with Gasteiger partial charge in [0.15, 0.2) is 6.10 Å².